The van der Waals surface area contributed by atoms with Crippen molar-refractivity contribution in [1.29, 1.82) is 0 Å². The second-order valence-electron chi connectivity index (χ2n) is 15.1. The number of hydrogen-bond acceptors (Lipinski definition) is 4. The molecule has 12 rings (SSSR count). The second kappa shape index (κ2) is 13.8. The number of anilines is 3. The van der Waals surface area contributed by atoms with Crippen LogP contribution >= 0.6 is 0 Å². The van der Waals surface area contributed by atoms with E-state index >= 15 is 0 Å². The molecule has 3 heterocycles. The number of nitrogens with zero attached hydrogens (tertiary/aromatic N) is 3. The highest BCUT2D eigenvalue weighted by Crippen LogP contribution is 2.48. The Morgan fingerprint density at radius 1 is 0.400 bits per heavy atom. The van der Waals surface area contributed by atoms with Crippen LogP contribution in [-0.4, -0.2) is 9.55 Å². The zero-order valence-electron chi connectivity index (χ0n) is 32.4. The van der Waals surface area contributed by atoms with Crippen LogP contribution in [0.3, 0.4) is 0 Å². The highest BCUT2D eigenvalue weighted by atomic mass is 16.4. The van der Waals surface area contributed by atoms with E-state index in [4.69, 9.17) is 13.8 Å². The molecule has 0 saturated carbocycles. The van der Waals surface area contributed by atoms with E-state index in [1.54, 1.807) is 0 Å². The molecule has 0 fully saturated rings. The lowest BCUT2D eigenvalue weighted by Gasteiger charge is -2.29. The highest BCUT2D eigenvalue weighted by molar-refractivity contribution is 6.21. The standard InChI is InChI=1S/C55H35N3O2/c1-4-17-36(18-5-1)41-25-10-12-28-44(41)58(47-31-16-30-46-51(47)43-26-11-13-29-45(43)57(46)39-22-8-3-9-23-39)40-24-14-21-38(35-40)42-27-15-32-48-52(42)53-49(59-48)33-34-50-54(53)56-55(60-50)37-19-6-2-7-20-37/h1-35H. The first kappa shape index (κ1) is 33.9. The largest absolute Gasteiger partial charge is 0.456 e. The van der Waals surface area contributed by atoms with Gasteiger partial charge in [0.15, 0.2) is 5.58 Å². The van der Waals surface area contributed by atoms with Crippen LogP contribution in [0.2, 0.25) is 0 Å². The first-order valence-corrected chi connectivity index (χ1v) is 20.2. The van der Waals surface area contributed by atoms with E-state index < -0.39 is 0 Å². The van der Waals surface area contributed by atoms with E-state index in [1.165, 1.54) is 10.8 Å². The fourth-order valence-corrected chi connectivity index (χ4v) is 9.03. The lowest BCUT2D eigenvalue weighted by atomic mass is 9.97. The number of benzene rings is 9. The average Bonchev–Trinajstić information content (AvgIpc) is 4.03. The fraction of sp³-hybridized carbons (Fsp3) is 0. The van der Waals surface area contributed by atoms with Gasteiger partial charge in [-0.25, -0.2) is 4.98 Å². The molecular weight excluding hydrogens is 735 g/mol. The summed E-state index contributed by atoms with van der Waals surface area (Å²) in [6.45, 7) is 0. The normalized spacial score (nSPS) is 11.7. The second-order valence-corrected chi connectivity index (χ2v) is 15.1. The minimum absolute atomic E-state index is 0.586. The van der Waals surface area contributed by atoms with Crippen molar-refractivity contribution >= 4 is 71.9 Å². The summed E-state index contributed by atoms with van der Waals surface area (Å²) in [5, 5.41) is 4.31. The predicted octanol–water partition coefficient (Wildman–Crippen LogP) is 15.3. The maximum Gasteiger partial charge on any atom is 0.227 e. The van der Waals surface area contributed by atoms with Gasteiger partial charge in [-0.1, -0.05) is 133 Å². The minimum atomic E-state index is 0.586. The number of rotatable bonds is 7. The topological polar surface area (TPSA) is 47.3 Å². The number of aromatic nitrogens is 2. The molecule has 9 aromatic carbocycles. The van der Waals surface area contributed by atoms with Crippen LogP contribution in [0.1, 0.15) is 0 Å². The van der Waals surface area contributed by atoms with Gasteiger partial charge in [0, 0.05) is 38.7 Å². The number of hydrogen-bond donors (Lipinski definition) is 0. The lowest BCUT2D eigenvalue weighted by Crippen LogP contribution is -2.12. The van der Waals surface area contributed by atoms with E-state index in [2.05, 4.69) is 173 Å². The van der Waals surface area contributed by atoms with Crippen LogP contribution in [0.4, 0.5) is 17.1 Å². The molecule has 0 spiro atoms. The Labute approximate surface area is 345 Å². The molecule has 3 aromatic heterocycles. The van der Waals surface area contributed by atoms with Gasteiger partial charge in [-0.05, 0) is 95.6 Å². The van der Waals surface area contributed by atoms with Gasteiger partial charge < -0.3 is 18.3 Å². The maximum atomic E-state index is 6.55. The molecule has 0 N–H and O–H groups in total. The summed E-state index contributed by atoms with van der Waals surface area (Å²) in [5.41, 5.74) is 15.0. The van der Waals surface area contributed by atoms with Crippen LogP contribution in [0, 0.1) is 0 Å². The molecule has 0 bridgehead atoms. The molecule has 0 radical (unpaired) electrons. The zero-order valence-corrected chi connectivity index (χ0v) is 32.4. The minimum Gasteiger partial charge on any atom is -0.456 e. The van der Waals surface area contributed by atoms with Crippen molar-refractivity contribution in [2.75, 3.05) is 4.90 Å². The summed E-state index contributed by atoms with van der Waals surface area (Å²) in [5.74, 6) is 0.586. The molecule has 0 unspecified atom stereocenters. The molecule has 5 nitrogen and oxygen atoms in total. The van der Waals surface area contributed by atoms with Crippen molar-refractivity contribution < 1.29 is 8.83 Å². The third-order valence-corrected chi connectivity index (χ3v) is 11.6. The Hall–Kier alpha value is -8.15. The number of para-hydroxylation sites is 3. The number of furan rings is 1. The third-order valence-electron chi connectivity index (χ3n) is 11.6. The molecule has 5 heteroatoms. The summed E-state index contributed by atoms with van der Waals surface area (Å²) in [7, 11) is 0. The number of oxazole rings is 1. The van der Waals surface area contributed by atoms with Crippen molar-refractivity contribution in [3.63, 3.8) is 0 Å². The Kier molecular flexibility index (Phi) is 7.78. The van der Waals surface area contributed by atoms with E-state index in [0.29, 0.717) is 5.89 Å². The van der Waals surface area contributed by atoms with Crippen LogP contribution < -0.4 is 4.90 Å². The van der Waals surface area contributed by atoms with Crippen molar-refractivity contribution in [3.8, 4) is 39.4 Å². The van der Waals surface area contributed by atoms with Gasteiger partial charge in [0.2, 0.25) is 5.89 Å². The zero-order chi connectivity index (χ0) is 39.6. The maximum absolute atomic E-state index is 6.55. The van der Waals surface area contributed by atoms with E-state index in [0.717, 1.165) is 94.6 Å². The van der Waals surface area contributed by atoms with Crippen molar-refractivity contribution in [2.24, 2.45) is 0 Å². The highest BCUT2D eigenvalue weighted by Gasteiger charge is 2.24. The molecule has 0 aliphatic heterocycles. The average molecular weight is 770 g/mol. The molecule has 0 aliphatic carbocycles. The van der Waals surface area contributed by atoms with Gasteiger partial charge in [0.1, 0.15) is 16.7 Å². The Morgan fingerprint density at radius 2 is 1.02 bits per heavy atom. The first-order valence-electron chi connectivity index (χ1n) is 20.2. The molecule has 0 saturated heterocycles. The monoisotopic (exact) mass is 769 g/mol. The smallest absolute Gasteiger partial charge is 0.227 e. The summed E-state index contributed by atoms with van der Waals surface area (Å²) in [4.78, 5) is 7.51. The van der Waals surface area contributed by atoms with Crippen molar-refractivity contribution in [1.82, 2.24) is 9.55 Å². The van der Waals surface area contributed by atoms with Gasteiger partial charge in [-0.3, -0.25) is 0 Å². The molecular formula is C55H35N3O2. The van der Waals surface area contributed by atoms with Crippen LogP contribution in [-0.2, 0) is 0 Å². The van der Waals surface area contributed by atoms with Gasteiger partial charge in [-0.15, -0.1) is 0 Å². The SMILES string of the molecule is c1ccc(-c2nc3c(ccc4oc5cccc(-c6cccc(N(c7ccccc7-c7ccccc7)c7cccc8c7c7ccccc7n8-c7ccccc7)c6)c5c43)o2)cc1. The van der Waals surface area contributed by atoms with Gasteiger partial charge >= 0.3 is 0 Å². The quantitative estimate of drug-likeness (QED) is 0.162. The molecule has 0 amide bonds. The van der Waals surface area contributed by atoms with Crippen molar-refractivity contribution in [2.45, 2.75) is 0 Å². The van der Waals surface area contributed by atoms with Crippen LogP contribution in [0.15, 0.2) is 221 Å². The summed E-state index contributed by atoms with van der Waals surface area (Å²) in [6, 6.07) is 74.6. The first-order chi connectivity index (χ1) is 29.8. The van der Waals surface area contributed by atoms with Gasteiger partial charge in [0.25, 0.3) is 0 Å². The summed E-state index contributed by atoms with van der Waals surface area (Å²) < 4.78 is 15.3. The van der Waals surface area contributed by atoms with Gasteiger partial charge in [-0.2, -0.15) is 0 Å². The Bertz CT molecular complexity index is 3550. The van der Waals surface area contributed by atoms with Crippen LogP contribution in [0.5, 0.6) is 0 Å². The number of fused-ring (bicyclic) bond motifs is 8. The van der Waals surface area contributed by atoms with Gasteiger partial charge in [0.05, 0.1) is 27.8 Å². The Balaban J connectivity index is 1.12. The summed E-state index contributed by atoms with van der Waals surface area (Å²) in [6.07, 6.45) is 0. The van der Waals surface area contributed by atoms with E-state index in [1.807, 2.05) is 48.5 Å². The molecule has 60 heavy (non-hydrogen) atoms. The lowest BCUT2D eigenvalue weighted by molar-refractivity contribution is 0.619. The summed E-state index contributed by atoms with van der Waals surface area (Å²) >= 11 is 0. The fourth-order valence-electron chi connectivity index (χ4n) is 9.03. The Morgan fingerprint density at radius 3 is 1.87 bits per heavy atom. The van der Waals surface area contributed by atoms with Crippen molar-refractivity contribution in [3.05, 3.63) is 212 Å². The third kappa shape index (κ3) is 5.37. The van der Waals surface area contributed by atoms with E-state index in [-0.39, 0.29) is 0 Å². The molecule has 0 atom stereocenters. The van der Waals surface area contributed by atoms with Crippen LogP contribution in [0.25, 0.3) is 94.2 Å². The molecule has 0 aliphatic rings. The molecule has 12 aromatic rings. The predicted molar refractivity (Wildman–Crippen MR) is 247 cm³/mol. The van der Waals surface area contributed by atoms with E-state index in [9.17, 15) is 0 Å². The molecule has 282 valence electrons.